The highest BCUT2D eigenvalue weighted by atomic mass is 19.1. The first kappa shape index (κ1) is 20.2. The van der Waals surface area contributed by atoms with Crippen molar-refractivity contribution in [3.05, 3.63) is 53.6 Å². The van der Waals surface area contributed by atoms with Gasteiger partial charge in [0.2, 0.25) is 5.95 Å². The van der Waals surface area contributed by atoms with Crippen LogP contribution in [-0.2, 0) is 6.42 Å². The van der Waals surface area contributed by atoms with E-state index in [0.29, 0.717) is 17.4 Å². The van der Waals surface area contributed by atoms with Gasteiger partial charge in [0.25, 0.3) is 5.91 Å². The van der Waals surface area contributed by atoms with Gasteiger partial charge in [0, 0.05) is 46.1 Å². The van der Waals surface area contributed by atoms with Gasteiger partial charge < -0.3 is 15.1 Å². The van der Waals surface area contributed by atoms with E-state index in [1.165, 1.54) is 12.1 Å². The van der Waals surface area contributed by atoms with Gasteiger partial charge in [-0.3, -0.25) is 4.79 Å². The highest BCUT2D eigenvalue weighted by Gasteiger charge is 2.23. The number of hydrogen-bond donors (Lipinski definition) is 1. The van der Waals surface area contributed by atoms with Crippen molar-refractivity contribution < 1.29 is 9.18 Å². The van der Waals surface area contributed by atoms with Crippen LogP contribution in [0.4, 0.5) is 10.3 Å². The van der Waals surface area contributed by atoms with E-state index in [1.807, 2.05) is 19.2 Å². The molecule has 1 saturated heterocycles. The summed E-state index contributed by atoms with van der Waals surface area (Å²) in [5.74, 6) is 0.711. The third kappa shape index (κ3) is 5.48. The van der Waals surface area contributed by atoms with Crippen molar-refractivity contribution >= 4 is 11.9 Å². The van der Waals surface area contributed by atoms with E-state index in [1.54, 1.807) is 24.3 Å². The Kier molecular flexibility index (Phi) is 6.92. The second-order valence-corrected chi connectivity index (χ2v) is 7.42. The summed E-state index contributed by atoms with van der Waals surface area (Å²) in [6, 6.07) is 6.73. The predicted molar refractivity (Wildman–Crippen MR) is 108 cm³/mol. The lowest BCUT2D eigenvalue weighted by Gasteiger charge is -2.34. The molecule has 1 aromatic heterocycles. The lowest BCUT2D eigenvalue weighted by molar-refractivity contribution is 0.0729. The average molecular weight is 385 g/mol. The van der Waals surface area contributed by atoms with Gasteiger partial charge in [0.15, 0.2) is 0 Å². The zero-order valence-corrected chi connectivity index (χ0v) is 16.6. The molecule has 150 valence electrons. The summed E-state index contributed by atoms with van der Waals surface area (Å²) in [6.07, 6.45) is 6.30. The van der Waals surface area contributed by atoms with Crippen molar-refractivity contribution in [2.75, 3.05) is 45.6 Å². The van der Waals surface area contributed by atoms with Gasteiger partial charge in [-0.05, 0) is 49.4 Å². The van der Waals surface area contributed by atoms with Crippen LogP contribution < -0.4 is 5.32 Å². The Hall–Kier alpha value is -2.54. The Morgan fingerprint density at radius 3 is 2.68 bits per heavy atom. The van der Waals surface area contributed by atoms with Gasteiger partial charge in [-0.1, -0.05) is 12.1 Å². The molecule has 0 bridgehead atoms. The summed E-state index contributed by atoms with van der Waals surface area (Å²) in [4.78, 5) is 25.1. The van der Waals surface area contributed by atoms with Crippen molar-refractivity contribution in [2.45, 2.75) is 19.3 Å². The number of anilines is 1. The van der Waals surface area contributed by atoms with Gasteiger partial charge >= 0.3 is 0 Å². The molecule has 1 amide bonds. The van der Waals surface area contributed by atoms with Crippen LogP contribution >= 0.6 is 0 Å². The van der Waals surface area contributed by atoms with Crippen LogP contribution in [0.1, 0.15) is 28.8 Å². The molecule has 7 heteroatoms. The summed E-state index contributed by atoms with van der Waals surface area (Å²) >= 11 is 0. The van der Waals surface area contributed by atoms with Gasteiger partial charge in [0.05, 0.1) is 5.56 Å². The standard InChI is InChI=1S/C21H28FN5O/c1-23-21-24-12-18(13-25-21)20(28)26(2)14-17-4-3-10-27(15-17)11-9-16-5-7-19(22)8-6-16/h5-8,12-13,17H,3-4,9-11,14-15H2,1-2H3,(H,23,24,25)/t17-/m1/s1. The third-order valence-corrected chi connectivity index (χ3v) is 5.23. The smallest absolute Gasteiger partial charge is 0.256 e. The largest absolute Gasteiger partial charge is 0.357 e. The number of rotatable bonds is 7. The van der Waals surface area contributed by atoms with Crippen LogP contribution in [0.2, 0.25) is 0 Å². The van der Waals surface area contributed by atoms with Crippen LogP contribution in [0.3, 0.4) is 0 Å². The zero-order chi connectivity index (χ0) is 19.9. The molecule has 0 saturated carbocycles. The van der Waals surface area contributed by atoms with E-state index < -0.39 is 0 Å². The van der Waals surface area contributed by atoms with E-state index in [9.17, 15) is 9.18 Å². The third-order valence-electron chi connectivity index (χ3n) is 5.23. The number of nitrogens with one attached hydrogen (secondary N) is 1. The molecule has 0 radical (unpaired) electrons. The number of piperidine rings is 1. The molecule has 0 unspecified atom stereocenters. The van der Waals surface area contributed by atoms with E-state index in [0.717, 1.165) is 51.0 Å². The Bertz CT molecular complexity index is 765. The molecule has 1 aromatic carbocycles. The fourth-order valence-corrected chi connectivity index (χ4v) is 3.70. The average Bonchev–Trinajstić information content (AvgIpc) is 2.73. The van der Waals surface area contributed by atoms with Crippen molar-refractivity contribution in [1.82, 2.24) is 19.8 Å². The predicted octanol–water partition coefficient (Wildman–Crippen LogP) is 2.68. The van der Waals surface area contributed by atoms with Crippen molar-refractivity contribution in [2.24, 2.45) is 5.92 Å². The summed E-state index contributed by atoms with van der Waals surface area (Å²) in [5, 5.41) is 2.85. The molecule has 2 aromatic rings. The molecule has 6 nitrogen and oxygen atoms in total. The number of hydrogen-bond acceptors (Lipinski definition) is 5. The number of aromatic nitrogens is 2. The molecule has 1 N–H and O–H groups in total. The molecule has 1 aliphatic rings. The first-order valence-electron chi connectivity index (χ1n) is 9.77. The molecule has 1 atom stereocenters. The number of carbonyl (C=O) groups excluding carboxylic acids is 1. The number of nitrogens with zero attached hydrogens (tertiary/aromatic N) is 4. The van der Waals surface area contributed by atoms with Crippen LogP contribution in [0.5, 0.6) is 0 Å². The molecule has 1 fully saturated rings. The quantitative estimate of drug-likeness (QED) is 0.794. The maximum Gasteiger partial charge on any atom is 0.256 e. The van der Waals surface area contributed by atoms with E-state index in [-0.39, 0.29) is 11.7 Å². The molecule has 28 heavy (non-hydrogen) atoms. The van der Waals surface area contributed by atoms with Crippen molar-refractivity contribution in [3.63, 3.8) is 0 Å². The van der Waals surface area contributed by atoms with Gasteiger partial charge in [-0.2, -0.15) is 0 Å². The summed E-state index contributed by atoms with van der Waals surface area (Å²) in [6.45, 7) is 3.74. The SMILES string of the molecule is CNc1ncc(C(=O)N(C)C[C@H]2CCCN(CCc3ccc(F)cc3)C2)cn1. The monoisotopic (exact) mass is 385 g/mol. The number of carbonyl (C=O) groups is 1. The Balaban J connectivity index is 1.49. The second kappa shape index (κ2) is 9.59. The Labute approximate surface area is 165 Å². The fourth-order valence-electron chi connectivity index (χ4n) is 3.70. The van der Waals surface area contributed by atoms with Crippen LogP contribution in [0.15, 0.2) is 36.7 Å². The summed E-state index contributed by atoms with van der Waals surface area (Å²) < 4.78 is 13.0. The van der Waals surface area contributed by atoms with Crippen molar-refractivity contribution in [1.29, 1.82) is 0 Å². The molecule has 3 rings (SSSR count). The van der Waals surface area contributed by atoms with Crippen LogP contribution in [0, 0.1) is 11.7 Å². The number of halogens is 1. The van der Waals surface area contributed by atoms with Crippen LogP contribution in [0.25, 0.3) is 0 Å². The topological polar surface area (TPSA) is 61.4 Å². The van der Waals surface area contributed by atoms with Crippen LogP contribution in [-0.4, -0.2) is 65.9 Å². The number of benzene rings is 1. The zero-order valence-electron chi connectivity index (χ0n) is 16.6. The minimum Gasteiger partial charge on any atom is -0.357 e. The Morgan fingerprint density at radius 1 is 1.29 bits per heavy atom. The summed E-state index contributed by atoms with van der Waals surface area (Å²) in [5.41, 5.74) is 1.66. The highest BCUT2D eigenvalue weighted by Crippen LogP contribution is 2.19. The maximum absolute atomic E-state index is 13.0. The maximum atomic E-state index is 13.0. The minimum atomic E-state index is -0.194. The Morgan fingerprint density at radius 2 is 2.00 bits per heavy atom. The number of likely N-dealkylation sites (tertiary alicyclic amines) is 1. The first-order valence-corrected chi connectivity index (χ1v) is 9.77. The van der Waals surface area contributed by atoms with Gasteiger partial charge in [-0.15, -0.1) is 0 Å². The molecule has 0 spiro atoms. The second-order valence-electron chi connectivity index (χ2n) is 7.42. The van der Waals surface area contributed by atoms with Gasteiger partial charge in [0.1, 0.15) is 5.82 Å². The molecular weight excluding hydrogens is 357 g/mol. The molecule has 0 aliphatic carbocycles. The summed E-state index contributed by atoms with van der Waals surface area (Å²) in [7, 11) is 3.58. The van der Waals surface area contributed by atoms with Crippen molar-refractivity contribution in [3.8, 4) is 0 Å². The van der Waals surface area contributed by atoms with E-state index in [4.69, 9.17) is 0 Å². The minimum absolute atomic E-state index is 0.0499. The lowest BCUT2D eigenvalue weighted by Crippen LogP contribution is -2.42. The van der Waals surface area contributed by atoms with Gasteiger partial charge in [-0.25, -0.2) is 14.4 Å². The molecule has 1 aliphatic heterocycles. The molecule has 2 heterocycles. The number of amides is 1. The normalized spacial score (nSPS) is 17.3. The highest BCUT2D eigenvalue weighted by molar-refractivity contribution is 5.93. The fraction of sp³-hybridized carbons (Fsp3) is 0.476. The first-order chi connectivity index (χ1) is 13.5. The lowest BCUT2D eigenvalue weighted by atomic mass is 9.97. The molecular formula is C21H28FN5O. The van der Waals surface area contributed by atoms with E-state index >= 15 is 0 Å². The van der Waals surface area contributed by atoms with E-state index in [2.05, 4.69) is 20.2 Å².